The third-order valence-electron chi connectivity index (χ3n) is 9.99. The van der Waals surface area contributed by atoms with Crippen molar-refractivity contribution in [2.75, 3.05) is 32.2 Å². The lowest BCUT2D eigenvalue weighted by atomic mass is 9.98. The monoisotopic (exact) mass is 773 g/mol. The molecule has 4 atom stereocenters. The lowest BCUT2D eigenvalue weighted by Gasteiger charge is -2.23. The number of fused-ring (bicyclic) bond motifs is 1. The molecule has 3 heterocycles. The number of benzene rings is 1. The largest absolute Gasteiger partial charge is 0.472 e. The normalized spacial score (nSPS) is 18.9. The summed E-state index contributed by atoms with van der Waals surface area (Å²) in [6.07, 6.45) is 21.2. The number of aromatic nitrogens is 3. The van der Waals surface area contributed by atoms with Crippen LogP contribution in [0.15, 0.2) is 42.7 Å². The van der Waals surface area contributed by atoms with Gasteiger partial charge in [-0.2, -0.15) is 10.4 Å². The van der Waals surface area contributed by atoms with Crippen LogP contribution in [0.4, 0.5) is 10.2 Å². The van der Waals surface area contributed by atoms with Crippen LogP contribution in [0.2, 0.25) is 0 Å². The fourth-order valence-corrected chi connectivity index (χ4v) is 7.58. The molecule has 0 aliphatic carbocycles. The summed E-state index contributed by atoms with van der Waals surface area (Å²) >= 11 is 0. The van der Waals surface area contributed by atoms with Crippen LogP contribution in [0.1, 0.15) is 134 Å². The number of hydrogen-bond acceptors (Lipinski definition) is 10. The van der Waals surface area contributed by atoms with Crippen LogP contribution in [0.5, 0.6) is 0 Å². The molecule has 4 rings (SSSR count). The van der Waals surface area contributed by atoms with Crippen molar-refractivity contribution in [3.05, 3.63) is 59.8 Å². The number of hydrogen-bond donors (Lipinski definition) is 2. The second kappa shape index (κ2) is 23.9. The molecule has 1 aliphatic rings. The Morgan fingerprint density at radius 2 is 1.63 bits per heavy atom. The Balaban J connectivity index is 1.13. The predicted octanol–water partition coefficient (Wildman–Crippen LogP) is 9.35. The minimum absolute atomic E-state index is 0.0587. The lowest BCUT2D eigenvalue weighted by molar-refractivity contribution is -0.0565. The molecule has 0 spiro atoms. The quantitative estimate of drug-likeness (QED) is 0.0510. The molecule has 2 aromatic heterocycles. The molecule has 300 valence electrons. The zero-order valence-electron chi connectivity index (χ0n) is 32.0. The zero-order chi connectivity index (χ0) is 38.5. The molecule has 0 saturated carbocycles. The Hall–Kier alpha value is -2.95. The maximum absolute atomic E-state index is 14.3. The van der Waals surface area contributed by atoms with Crippen LogP contribution in [0.3, 0.4) is 0 Å². The average Bonchev–Trinajstić information content (AvgIpc) is 3.81. The van der Waals surface area contributed by atoms with Crippen molar-refractivity contribution in [2.24, 2.45) is 0 Å². The SMILES string of the molecule is CCCCCCCCCCCCCCCCCCOC[C@H](COP(=O)(O)OC[C@@H]1CC[C@](C#N)(c2ccc3c(N)ncnn23)O1)OCc1ccccc1F. The van der Waals surface area contributed by atoms with E-state index in [0.717, 1.165) is 19.3 Å². The number of anilines is 1. The average molecular weight is 774 g/mol. The van der Waals surface area contributed by atoms with Crippen LogP contribution in [0, 0.1) is 17.1 Å². The molecule has 1 saturated heterocycles. The van der Waals surface area contributed by atoms with E-state index in [1.165, 1.54) is 100 Å². The van der Waals surface area contributed by atoms with Crippen molar-refractivity contribution >= 4 is 19.2 Å². The Morgan fingerprint density at radius 1 is 0.981 bits per heavy atom. The third kappa shape index (κ3) is 14.6. The molecular weight excluding hydrogens is 712 g/mol. The van der Waals surface area contributed by atoms with E-state index in [4.69, 9.17) is 29.0 Å². The fraction of sp³-hybridized carbons (Fsp3) is 0.675. The van der Waals surface area contributed by atoms with E-state index >= 15 is 0 Å². The van der Waals surface area contributed by atoms with Gasteiger partial charge in [0.15, 0.2) is 11.4 Å². The number of nitrogen functional groups attached to an aromatic ring is 1. The molecule has 3 aromatic rings. The van der Waals surface area contributed by atoms with Crippen LogP contribution < -0.4 is 5.73 Å². The van der Waals surface area contributed by atoms with Gasteiger partial charge in [0, 0.05) is 12.2 Å². The standard InChI is InChI=1S/C40H61FN5O7P/c1-2-3-4-5-6-7-8-9-10-11-12-13-14-15-16-19-26-49-28-35(50-27-33-20-17-18-21-36(33)41)30-52-54(47,48)51-29-34-24-25-40(31-42,53-34)38-23-22-37-39(43)44-32-45-46(37)38/h17-18,20-23,32,34-35H,2-16,19,24-30H2,1H3,(H,47,48)(H2,43,44,45)/t34-,35+,40-/m0/s1. The number of phosphoric acid groups is 1. The van der Waals surface area contributed by atoms with Gasteiger partial charge in [0.2, 0.25) is 0 Å². The highest BCUT2D eigenvalue weighted by Crippen LogP contribution is 2.46. The summed E-state index contributed by atoms with van der Waals surface area (Å²) in [5.41, 5.74) is 5.98. The molecule has 12 nitrogen and oxygen atoms in total. The second-order valence-electron chi connectivity index (χ2n) is 14.3. The van der Waals surface area contributed by atoms with E-state index in [1.807, 2.05) is 0 Å². The summed E-state index contributed by atoms with van der Waals surface area (Å²) in [7, 11) is -4.55. The molecule has 54 heavy (non-hydrogen) atoms. The number of halogens is 1. The van der Waals surface area contributed by atoms with Gasteiger partial charge < -0.3 is 24.8 Å². The molecule has 1 aromatic carbocycles. The van der Waals surface area contributed by atoms with E-state index in [0.29, 0.717) is 36.2 Å². The molecule has 1 unspecified atom stereocenters. The Kier molecular flexibility index (Phi) is 19.3. The van der Waals surface area contributed by atoms with E-state index in [9.17, 15) is 19.1 Å². The van der Waals surface area contributed by atoms with Crippen LogP contribution in [-0.4, -0.2) is 58.1 Å². The van der Waals surface area contributed by atoms with Gasteiger partial charge in [0.25, 0.3) is 0 Å². The first kappa shape index (κ1) is 43.8. The molecule has 0 bridgehead atoms. The summed E-state index contributed by atoms with van der Waals surface area (Å²) in [5.74, 6) is -0.140. The highest BCUT2D eigenvalue weighted by atomic mass is 31.2. The topological polar surface area (TPSA) is 163 Å². The Labute approximate surface area is 320 Å². The molecule has 0 amide bonds. The van der Waals surface area contributed by atoms with E-state index < -0.39 is 31.4 Å². The van der Waals surface area contributed by atoms with Gasteiger partial charge in [-0.3, -0.25) is 9.05 Å². The lowest BCUT2D eigenvalue weighted by Crippen LogP contribution is -2.28. The highest BCUT2D eigenvalue weighted by Gasteiger charge is 2.45. The zero-order valence-corrected chi connectivity index (χ0v) is 32.9. The minimum Gasteiger partial charge on any atom is -0.382 e. The van der Waals surface area contributed by atoms with Crippen LogP contribution in [-0.2, 0) is 40.0 Å². The fourth-order valence-electron chi connectivity index (χ4n) is 6.80. The van der Waals surface area contributed by atoms with Gasteiger partial charge in [0.05, 0.1) is 38.2 Å². The molecular formula is C40H61FN5O7P. The summed E-state index contributed by atoms with van der Waals surface area (Å²) in [5, 5.41) is 14.3. The van der Waals surface area contributed by atoms with Crippen LogP contribution in [0.25, 0.3) is 5.52 Å². The van der Waals surface area contributed by atoms with E-state index in [2.05, 4.69) is 23.1 Å². The van der Waals surface area contributed by atoms with Gasteiger partial charge in [0.1, 0.15) is 29.8 Å². The number of nitrogens with two attached hydrogens (primary N) is 1. The van der Waals surface area contributed by atoms with E-state index in [-0.39, 0.29) is 32.2 Å². The molecule has 14 heteroatoms. The second-order valence-corrected chi connectivity index (χ2v) is 15.8. The smallest absolute Gasteiger partial charge is 0.382 e. The van der Waals surface area contributed by atoms with Gasteiger partial charge >= 0.3 is 7.82 Å². The van der Waals surface area contributed by atoms with Crippen LogP contribution >= 0.6 is 7.82 Å². The number of ether oxygens (including phenoxy) is 3. The Bertz CT molecular complexity index is 1610. The molecule has 1 fully saturated rings. The number of nitriles is 1. The summed E-state index contributed by atoms with van der Waals surface area (Å²) < 4.78 is 57.1. The first-order valence-corrected chi connectivity index (χ1v) is 21.5. The summed E-state index contributed by atoms with van der Waals surface area (Å²) in [6, 6.07) is 11.9. The number of nitrogens with zero attached hydrogens (tertiary/aromatic N) is 4. The summed E-state index contributed by atoms with van der Waals surface area (Å²) in [6.45, 7) is 2.22. The van der Waals surface area contributed by atoms with Crippen molar-refractivity contribution in [3.8, 4) is 6.07 Å². The minimum atomic E-state index is -4.55. The highest BCUT2D eigenvalue weighted by molar-refractivity contribution is 7.47. The molecule has 3 N–H and O–H groups in total. The van der Waals surface area contributed by atoms with Crippen molar-refractivity contribution in [3.63, 3.8) is 0 Å². The van der Waals surface area contributed by atoms with Gasteiger partial charge in [-0.15, -0.1) is 0 Å². The number of rotatable bonds is 29. The number of phosphoric ester groups is 1. The predicted molar refractivity (Wildman–Crippen MR) is 206 cm³/mol. The maximum Gasteiger partial charge on any atom is 0.472 e. The van der Waals surface area contributed by atoms with Crippen molar-refractivity contribution in [1.29, 1.82) is 5.26 Å². The van der Waals surface area contributed by atoms with Gasteiger partial charge in [-0.05, 0) is 37.5 Å². The molecule has 1 aliphatic heterocycles. The van der Waals surface area contributed by atoms with Gasteiger partial charge in [-0.25, -0.2) is 18.5 Å². The third-order valence-corrected chi connectivity index (χ3v) is 10.9. The Morgan fingerprint density at radius 3 is 2.28 bits per heavy atom. The van der Waals surface area contributed by atoms with Crippen molar-refractivity contribution in [2.45, 2.75) is 147 Å². The maximum atomic E-state index is 14.3. The van der Waals surface area contributed by atoms with E-state index in [1.54, 1.807) is 30.3 Å². The molecule has 0 radical (unpaired) electrons. The van der Waals surface area contributed by atoms with Gasteiger partial charge in [-0.1, -0.05) is 121 Å². The van der Waals surface area contributed by atoms with Crippen molar-refractivity contribution < 1.29 is 37.1 Å². The van der Waals surface area contributed by atoms with Crippen molar-refractivity contribution in [1.82, 2.24) is 14.6 Å². The first-order valence-electron chi connectivity index (χ1n) is 20.0. The number of unbranched alkanes of at least 4 members (excludes halogenated alkanes) is 15. The first-order chi connectivity index (χ1) is 26.3. The summed E-state index contributed by atoms with van der Waals surface area (Å²) in [4.78, 5) is 14.5.